The molecule has 76 valence electrons. The van der Waals surface area contributed by atoms with Crippen molar-refractivity contribution >= 4 is 28.5 Å². The number of carboxylic acids is 1. The van der Waals surface area contributed by atoms with Crippen LogP contribution in [-0.2, 0) is 0 Å². The fourth-order valence-corrected chi connectivity index (χ4v) is 1.67. The lowest BCUT2D eigenvalue weighted by atomic mass is 10.1. The molecule has 0 aliphatic heterocycles. The summed E-state index contributed by atoms with van der Waals surface area (Å²) in [4.78, 5) is 19.0. The fraction of sp³-hybridized carbons (Fsp3) is 0.100. The Kier molecular flexibility index (Phi) is 2.28. The zero-order valence-electron chi connectivity index (χ0n) is 7.86. The molecule has 0 fully saturated rings. The van der Waals surface area contributed by atoms with Gasteiger partial charge < -0.3 is 5.11 Å². The van der Waals surface area contributed by atoms with Crippen LogP contribution >= 0.6 is 11.6 Å². The molecular formula is C10H7ClN2O2. The molecule has 0 saturated carbocycles. The van der Waals surface area contributed by atoms with Crippen LogP contribution in [0, 0.1) is 6.92 Å². The van der Waals surface area contributed by atoms with E-state index in [-0.39, 0.29) is 10.7 Å². The van der Waals surface area contributed by atoms with Gasteiger partial charge in [0.1, 0.15) is 11.0 Å². The van der Waals surface area contributed by atoms with Crippen LogP contribution < -0.4 is 0 Å². The molecule has 0 atom stereocenters. The van der Waals surface area contributed by atoms with Crippen LogP contribution in [0.1, 0.15) is 16.2 Å². The van der Waals surface area contributed by atoms with E-state index in [1.165, 1.54) is 6.07 Å². The van der Waals surface area contributed by atoms with E-state index in [1.807, 2.05) is 0 Å². The lowest BCUT2D eigenvalue weighted by Gasteiger charge is -2.03. The summed E-state index contributed by atoms with van der Waals surface area (Å²) in [6.07, 6.45) is 0. The summed E-state index contributed by atoms with van der Waals surface area (Å²) in [5, 5.41) is 9.80. The minimum absolute atomic E-state index is 0.139. The normalized spacial score (nSPS) is 10.5. The van der Waals surface area contributed by atoms with Crippen molar-refractivity contribution in [2.24, 2.45) is 0 Å². The van der Waals surface area contributed by atoms with Gasteiger partial charge in [0.05, 0.1) is 11.1 Å². The van der Waals surface area contributed by atoms with Crippen LogP contribution in [0.5, 0.6) is 0 Å². The highest BCUT2D eigenvalue weighted by Crippen LogP contribution is 2.22. The zero-order valence-corrected chi connectivity index (χ0v) is 8.62. The lowest BCUT2D eigenvalue weighted by molar-refractivity contribution is 0.0699. The number of aromatic nitrogens is 2. The molecule has 0 saturated heterocycles. The maximum atomic E-state index is 10.9. The van der Waals surface area contributed by atoms with Gasteiger partial charge in [0, 0.05) is 5.39 Å². The van der Waals surface area contributed by atoms with Crippen molar-refractivity contribution in [3.05, 3.63) is 34.7 Å². The van der Waals surface area contributed by atoms with E-state index in [4.69, 9.17) is 16.7 Å². The Morgan fingerprint density at radius 1 is 1.40 bits per heavy atom. The Morgan fingerprint density at radius 2 is 2.13 bits per heavy atom. The van der Waals surface area contributed by atoms with E-state index in [1.54, 1.807) is 19.1 Å². The predicted octanol–water partition coefficient (Wildman–Crippen LogP) is 2.29. The van der Waals surface area contributed by atoms with E-state index in [0.717, 1.165) is 0 Å². The maximum absolute atomic E-state index is 10.9. The Labute approximate surface area is 90.5 Å². The molecule has 15 heavy (non-hydrogen) atoms. The number of fused-ring (bicyclic) bond motifs is 1. The molecule has 0 aliphatic rings. The van der Waals surface area contributed by atoms with Crippen LogP contribution in [0.25, 0.3) is 10.9 Å². The van der Waals surface area contributed by atoms with E-state index in [9.17, 15) is 4.79 Å². The third kappa shape index (κ3) is 1.64. The molecule has 0 spiro atoms. The third-order valence-electron chi connectivity index (χ3n) is 2.02. The van der Waals surface area contributed by atoms with Gasteiger partial charge in [-0.25, -0.2) is 14.8 Å². The molecule has 2 rings (SSSR count). The third-order valence-corrected chi connectivity index (χ3v) is 2.31. The number of aryl methyl sites for hydroxylation is 1. The summed E-state index contributed by atoms with van der Waals surface area (Å²) >= 11 is 5.89. The summed E-state index contributed by atoms with van der Waals surface area (Å²) in [5.41, 5.74) is 0.516. The first kappa shape index (κ1) is 9.86. The van der Waals surface area contributed by atoms with Crippen LogP contribution in [0.3, 0.4) is 0 Å². The minimum Gasteiger partial charge on any atom is -0.478 e. The summed E-state index contributed by atoms with van der Waals surface area (Å²) in [6, 6.07) is 4.81. The number of rotatable bonds is 1. The Hall–Kier alpha value is -1.68. The average molecular weight is 223 g/mol. The summed E-state index contributed by atoms with van der Waals surface area (Å²) in [7, 11) is 0. The number of para-hydroxylation sites is 1. The summed E-state index contributed by atoms with van der Waals surface area (Å²) in [6.45, 7) is 1.67. The second-order valence-corrected chi connectivity index (χ2v) is 3.43. The molecule has 0 unspecified atom stereocenters. The molecule has 0 radical (unpaired) electrons. The molecule has 1 aromatic heterocycles. The lowest BCUT2D eigenvalue weighted by Crippen LogP contribution is -2.00. The summed E-state index contributed by atoms with van der Waals surface area (Å²) in [5.74, 6) is -0.559. The average Bonchev–Trinajstić information content (AvgIpc) is 2.16. The van der Waals surface area contributed by atoms with Crippen molar-refractivity contribution in [3.8, 4) is 0 Å². The topological polar surface area (TPSA) is 63.1 Å². The van der Waals surface area contributed by atoms with Crippen molar-refractivity contribution in [2.45, 2.75) is 6.92 Å². The number of nitrogens with zero attached hydrogens (tertiary/aromatic N) is 2. The highest BCUT2D eigenvalue weighted by Gasteiger charge is 2.12. The van der Waals surface area contributed by atoms with E-state index in [2.05, 4.69) is 9.97 Å². The molecule has 0 amide bonds. The molecule has 0 aliphatic carbocycles. The first-order chi connectivity index (χ1) is 7.09. The number of hydrogen-bond acceptors (Lipinski definition) is 3. The molecule has 1 heterocycles. The molecule has 2 aromatic rings. The molecule has 4 nitrogen and oxygen atoms in total. The molecule has 5 heteroatoms. The first-order valence-corrected chi connectivity index (χ1v) is 4.63. The number of halogens is 1. The first-order valence-electron chi connectivity index (χ1n) is 4.26. The van der Waals surface area contributed by atoms with Gasteiger partial charge in [-0.15, -0.1) is 0 Å². The standard InChI is InChI=1S/C10H7ClN2O2/c1-5-12-8-6(9(11)13-5)3-2-4-7(8)10(14)15/h2-4H,1H3,(H,14,15). The van der Waals surface area contributed by atoms with Crippen LogP contribution in [0.2, 0.25) is 5.15 Å². The van der Waals surface area contributed by atoms with Gasteiger partial charge in [-0.2, -0.15) is 0 Å². The number of carbonyl (C=O) groups is 1. The number of hydrogen-bond donors (Lipinski definition) is 1. The van der Waals surface area contributed by atoms with Crippen molar-refractivity contribution in [3.63, 3.8) is 0 Å². The van der Waals surface area contributed by atoms with Crippen LogP contribution in [0.15, 0.2) is 18.2 Å². The smallest absolute Gasteiger partial charge is 0.337 e. The van der Waals surface area contributed by atoms with Gasteiger partial charge >= 0.3 is 5.97 Å². The SMILES string of the molecule is Cc1nc(Cl)c2cccc(C(=O)O)c2n1. The summed E-state index contributed by atoms with van der Waals surface area (Å²) < 4.78 is 0. The van der Waals surface area contributed by atoms with Gasteiger partial charge in [-0.3, -0.25) is 0 Å². The Bertz CT molecular complexity index is 554. The molecule has 1 N–H and O–H groups in total. The van der Waals surface area contributed by atoms with Crippen molar-refractivity contribution < 1.29 is 9.90 Å². The van der Waals surface area contributed by atoms with Crippen molar-refractivity contribution in [2.75, 3.05) is 0 Å². The second-order valence-electron chi connectivity index (χ2n) is 3.07. The van der Waals surface area contributed by atoms with Crippen LogP contribution in [-0.4, -0.2) is 21.0 Å². The fourth-order valence-electron chi connectivity index (χ4n) is 1.39. The zero-order chi connectivity index (χ0) is 11.0. The molecule has 0 bridgehead atoms. The number of benzene rings is 1. The molecular weight excluding hydrogens is 216 g/mol. The van der Waals surface area contributed by atoms with E-state index < -0.39 is 5.97 Å². The highest BCUT2D eigenvalue weighted by atomic mass is 35.5. The van der Waals surface area contributed by atoms with E-state index >= 15 is 0 Å². The predicted molar refractivity (Wildman–Crippen MR) is 56.2 cm³/mol. The second kappa shape index (κ2) is 3.47. The minimum atomic E-state index is -1.02. The quantitative estimate of drug-likeness (QED) is 0.752. The number of carboxylic acid groups (broad SMARTS) is 1. The largest absolute Gasteiger partial charge is 0.478 e. The van der Waals surface area contributed by atoms with Gasteiger partial charge in [-0.1, -0.05) is 17.7 Å². The monoisotopic (exact) mass is 222 g/mol. The van der Waals surface area contributed by atoms with Gasteiger partial charge in [0.25, 0.3) is 0 Å². The molecule has 1 aromatic carbocycles. The van der Waals surface area contributed by atoms with E-state index in [0.29, 0.717) is 16.7 Å². The van der Waals surface area contributed by atoms with Crippen LogP contribution in [0.4, 0.5) is 0 Å². The Morgan fingerprint density at radius 3 is 2.80 bits per heavy atom. The van der Waals surface area contributed by atoms with Gasteiger partial charge in [0.15, 0.2) is 0 Å². The van der Waals surface area contributed by atoms with Gasteiger partial charge in [-0.05, 0) is 19.1 Å². The maximum Gasteiger partial charge on any atom is 0.337 e. The number of aromatic carboxylic acids is 1. The van der Waals surface area contributed by atoms with Crippen molar-refractivity contribution in [1.82, 2.24) is 9.97 Å². The highest BCUT2D eigenvalue weighted by molar-refractivity contribution is 6.34. The van der Waals surface area contributed by atoms with Crippen molar-refractivity contribution in [1.29, 1.82) is 0 Å². The van der Waals surface area contributed by atoms with Gasteiger partial charge in [0.2, 0.25) is 0 Å². The Balaban J connectivity index is 2.91.